The second-order valence-electron chi connectivity index (χ2n) is 9.40. The van der Waals surface area contributed by atoms with Crippen LogP contribution in [0.2, 0.25) is 0 Å². The van der Waals surface area contributed by atoms with E-state index in [4.69, 9.17) is 0 Å². The van der Waals surface area contributed by atoms with Crippen LogP contribution < -0.4 is 10.2 Å². The Hall–Kier alpha value is -2.37. The fourth-order valence-electron chi connectivity index (χ4n) is 5.45. The third kappa shape index (κ3) is 4.63. The van der Waals surface area contributed by atoms with Crippen molar-refractivity contribution in [1.82, 2.24) is 10.2 Å². The number of fused-ring (bicyclic) bond motifs is 1. The number of amides is 1. The van der Waals surface area contributed by atoms with Crippen molar-refractivity contribution in [2.45, 2.75) is 56.7 Å². The van der Waals surface area contributed by atoms with Crippen LogP contribution in [0.3, 0.4) is 0 Å². The van der Waals surface area contributed by atoms with E-state index >= 15 is 0 Å². The van der Waals surface area contributed by atoms with Gasteiger partial charge in [0.05, 0.1) is 6.10 Å². The Morgan fingerprint density at radius 1 is 0.871 bits per heavy atom. The van der Waals surface area contributed by atoms with Gasteiger partial charge in [0.2, 0.25) is 0 Å². The largest absolute Gasteiger partial charge is 0.391 e. The molecule has 0 saturated carbocycles. The van der Waals surface area contributed by atoms with E-state index in [0.717, 1.165) is 63.7 Å². The van der Waals surface area contributed by atoms with Gasteiger partial charge in [-0.05, 0) is 73.9 Å². The molecular weight excluding hydrogens is 386 g/mol. The molecule has 0 radical (unpaired) electrons. The Morgan fingerprint density at radius 3 is 2.19 bits per heavy atom. The third-order valence-electron chi connectivity index (χ3n) is 7.18. The van der Waals surface area contributed by atoms with Crippen LogP contribution in [0.1, 0.15) is 47.2 Å². The summed E-state index contributed by atoms with van der Waals surface area (Å²) >= 11 is 0. The summed E-state index contributed by atoms with van der Waals surface area (Å²) in [5.41, 5.74) is 4.93. The molecule has 2 aromatic rings. The second kappa shape index (κ2) is 9.01. The van der Waals surface area contributed by atoms with Crippen LogP contribution in [0.4, 0.5) is 5.69 Å². The fourth-order valence-corrected chi connectivity index (χ4v) is 5.45. The van der Waals surface area contributed by atoms with Gasteiger partial charge in [0.15, 0.2) is 0 Å². The molecule has 0 aromatic heterocycles. The number of piperidine rings is 2. The predicted molar refractivity (Wildman–Crippen MR) is 124 cm³/mol. The van der Waals surface area contributed by atoms with Crippen LogP contribution in [0.15, 0.2) is 48.5 Å². The van der Waals surface area contributed by atoms with Gasteiger partial charge in [-0.3, -0.25) is 4.79 Å². The van der Waals surface area contributed by atoms with Crippen LogP contribution in [-0.4, -0.2) is 60.3 Å². The Bertz CT molecular complexity index is 880. The van der Waals surface area contributed by atoms with Crippen molar-refractivity contribution in [3.05, 3.63) is 65.2 Å². The number of nitrogens with one attached hydrogen (secondary N) is 1. The van der Waals surface area contributed by atoms with E-state index in [1.807, 2.05) is 12.1 Å². The summed E-state index contributed by atoms with van der Waals surface area (Å²) in [6.45, 7) is 3.28. The van der Waals surface area contributed by atoms with E-state index in [-0.39, 0.29) is 12.0 Å². The fraction of sp³-hybridized carbons (Fsp3) is 0.500. The number of carbonyl (C=O) groups excluding carboxylic acids is 1. The highest BCUT2D eigenvalue weighted by atomic mass is 16.3. The van der Waals surface area contributed by atoms with Crippen molar-refractivity contribution in [2.75, 3.05) is 31.1 Å². The predicted octanol–water partition coefficient (Wildman–Crippen LogP) is 3.01. The van der Waals surface area contributed by atoms with Crippen molar-refractivity contribution < 1.29 is 9.90 Å². The van der Waals surface area contributed by atoms with Gasteiger partial charge in [0, 0.05) is 49.5 Å². The van der Waals surface area contributed by atoms with Gasteiger partial charge in [-0.1, -0.05) is 24.3 Å². The number of aliphatic hydroxyl groups excluding tert-OH is 1. The van der Waals surface area contributed by atoms with Crippen molar-refractivity contribution in [3.63, 3.8) is 0 Å². The van der Waals surface area contributed by atoms with Crippen LogP contribution in [0.25, 0.3) is 0 Å². The summed E-state index contributed by atoms with van der Waals surface area (Å²) in [5, 5.41) is 13.7. The van der Waals surface area contributed by atoms with Gasteiger partial charge in [0.25, 0.3) is 5.91 Å². The van der Waals surface area contributed by atoms with E-state index in [2.05, 4.69) is 46.6 Å². The van der Waals surface area contributed by atoms with E-state index in [1.54, 1.807) is 4.90 Å². The highest BCUT2D eigenvalue weighted by Crippen LogP contribution is 2.25. The molecule has 0 bridgehead atoms. The Balaban J connectivity index is 1.12. The molecule has 31 heavy (non-hydrogen) atoms. The highest BCUT2D eigenvalue weighted by molar-refractivity contribution is 5.94. The van der Waals surface area contributed by atoms with Gasteiger partial charge in [-0.25, -0.2) is 0 Å². The molecule has 164 valence electrons. The average molecular weight is 420 g/mol. The third-order valence-corrected chi connectivity index (χ3v) is 7.18. The lowest BCUT2D eigenvalue weighted by Gasteiger charge is -2.35. The monoisotopic (exact) mass is 419 g/mol. The number of benzene rings is 2. The van der Waals surface area contributed by atoms with Crippen LogP contribution in [0.5, 0.6) is 0 Å². The molecule has 0 spiro atoms. The first-order valence-corrected chi connectivity index (χ1v) is 11.8. The maximum Gasteiger partial charge on any atom is 0.253 e. The quantitative estimate of drug-likeness (QED) is 0.800. The number of β-amino-alcohol motifs (C(OH)–C–C–N with tert-alkyl or cyclic N) is 1. The molecule has 2 aliphatic heterocycles. The zero-order chi connectivity index (χ0) is 21.2. The molecule has 1 atom stereocenters. The lowest BCUT2D eigenvalue weighted by molar-refractivity contribution is 0.0474. The number of anilines is 1. The summed E-state index contributed by atoms with van der Waals surface area (Å²) in [6, 6.07) is 18.0. The van der Waals surface area contributed by atoms with E-state index < -0.39 is 0 Å². The van der Waals surface area contributed by atoms with Crippen molar-refractivity contribution >= 4 is 11.6 Å². The summed E-state index contributed by atoms with van der Waals surface area (Å²) in [4.78, 5) is 16.9. The number of carbonyl (C=O) groups is 1. The first-order chi connectivity index (χ1) is 15.2. The zero-order valence-corrected chi connectivity index (χ0v) is 18.2. The molecular formula is C26H33N3O2. The number of rotatable bonds is 4. The standard InChI is InChI=1S/C26H33N3O2/c30-25-6-3-13-29(18-25)26(31)19-7-9-24(10-8-19)28-14-11-22(12-15-28)27-23-16-20-4-1-2-5-21(20)17-23/h1-2,4-5,7-10,22-23,25,27,30H,3,6,11-18H2. The van der Waals surface area contributed by atoms with E-state index in [9.17, 15) is 9.90 Å². The maximum absolute atomic E-state index is 12.7. The summed E-state index contributed by atoms with van der Waals surface area (Å²) in [6.07, 6.45) is 5.89. The molecule has 2 heterocycles. The molecule has 2 aromatic carbocycles. The van der Waals surface area contributed by atoms with Gasteiger partial charge in [-0.15, -0.1) is 0 Å². The SMILES string of the molecule is O=C(c1ccc(N2CCC(NC3Cc4ccccc4C3)CC2)cc1)N1CCCC(O)C1. The maximum atomic E-state index is 12.7. The number of nitrogens with zero attached hydrogens (tertiary/aromatic N) is 2. The minimum Gasteiger partial charge on any atom is -0.391 e. The molecule has 2 fully saturated rings. The summed E-state index contributed by atoms with van der Waals surface area (Å²) in [5.74, 6) is 0.0331. The highest BCUT2D eigenvalue weighted by Gasteiger charge is 2.27. The van der Waals surface area contributed by atoms with E-state index in [1.165, 1.54) is 16.8 Å². The first kappa shape index (κ1) is 20.5. The molecule has 2 saturated heterocycles. The normalized spacial score (nSPS) is 22.5. The van der Waals surface area contributed by atoms with Crippen LogP contribution in [0, 0.1) is 0 Å². The van der Waals surface area contributed by atoms with Crippen LogP contribution in [-0.2, 0) is 12.8 Å². The lowest BCUT2D eigenvalue weighted by atomic mass is 10.0. The molecule has 1 amide bonds. The Labute approximate surface area is 185 Å². The van der Waals surface area contributed by atoms with Crippen molar-refractivity contribution in [3.8, 4) is 0 Å². The molecule has 5 heteroatoms. The smallest absolute Gasteiger partial charge is 0.253 e. The van der Waals surface area contributed by atoms with Gasteiger partial charge >= 0.3 is 0 Å². The minimum atomic E-state index is -0.384. The Kier molecular flexibility index (Phi) is 5.97. The van der Waals surface area contributed by atoms with Gasteiger partial charge in [-0.2, -0.15) is 0 Å². The molecule has 1 unspecified atom stereocenters. The zero-order valence-electron chi connectivity index (χ0n) is 18.2. The number of hydrogen-bond donors (Lipinski definition) is 2. The van der Waals surface area contributed by atoms with Gasteiger partial charge in [0.1, 0.15) is 0 Å². The molecule has 2 N–H and O–H groups in total. The average Bonchev–Trinajstić information content (AvgIpc) is 3.21. The number of likely N-dealkylation sites (tertiary alicyclic amines) is 1. The number of hydrogen-bond acceptors (Lipinski definition) is 4. The lowest BCUT2D eigenvalue weighted by Crippen LogP contribution is -2.46. The topological polar surface area (TPSA) is 55.8 Å². The van der Waals surface area contributed by atoms with Gasteiger partial charge < -0.3 is 20.2 Å². The van der Waals surface area contributed by atoms with Crippen molar-refractivity contribution in [1.29, 1.82) is 0 Å². The summed E-state index contributed by atoms with van der Waals surface area (Å²) in [7, 11) is 0. The second-order valence-corrected chi connectivity index (χ2v) is 9.40. The minimum absolute atomic E-state index is 0.0331. The molecule has 3 aliphatic rings. The van der Waals surface area contributed by atoms with Crippen molar-refractivity contribution in [2.24, 2.45) is 0 Å². The van der Waals surface area contributed by atoms with E-state index in [0.29, 0.717) is 18.6 Å². The summed E-state index contributed by atoms with van der Waals surface area (Å²) < 4.78 is 0. The molecule has 5 nitrogen and oxygen atoms in total. The molecule has 5 rings (SSSR count). The number of aliphatic hydroxyl groups is 1. The molecule has 1 aliphatic carbocycles. The Morgan fingerprint density at radius 2 is 1.55 bits per heavy atom. The van der Waals surface area contributed by atoms with Crippen LogP contribution >= 0.6 is 0 Å². The first-order valence-electron chi connectivity index (χ1n) is 11.8.